The van der Waals surface area contributed by atoms with Crippen LogP contribution < -0.4 is 4.74 Å². The Morgan fingerprint density at radius 1 is 0.818 bits per heavy atom. The van der Waals surface area contributed by atoms with Crippen molar-refractivity contribution in [3.63, 3.8) is 0 Å². The normalized spacial score (nSPS) is 14.2. The fraction of sp³-hybridized carbons (Fsp3) is 0.217. The molecule has 0 amide bonds. The lowest BCUT2D eigenvalue weighted by Crippen LogP contribution is -2.52. The zero-order valence-electron chi connectivity index (χ0n) is 17.6. The Morgan fingerprint density at radius 2 is 1.24 bits per heavy atom. The highest BCUT2D eigenvalue weighted by Crippen LogP contribution is 2.40. The predicted octanol–water partition coefficient (Wildman–Crippen LogP) is 5.89. The molecule has 3 aromatic carbocycles. The Morgan fingerprint density at radius 3 is 1.61 bits per heavy atom. The lowest BCUT2D eigenvalue weighted by Gasteiger charge is -2.25. The zero-order chi connectivity index (χ0) is 24.4. The Hall–Kier alpha value is -2.56. The monoisotopic (exact) mass is 501 g/mol. The predicted molar refractivity (Wildman–Crippen MR) is 118 cm³/mol. The van der Waals surface area contributed by atoms with Gasteiger partial charge in [-0.2, -0.15) is 21.6 Å². The van der Waals surface area contributed by atoms with Gasteiger partial charge in [-0.05, 0) is 49.2 Å². The van der Waals surface area contributed by atoms with Crippen molar-refractivity contribution in [2.24, 2.45) is 0 Å². The molecule has 0 aliphatic heterocycles. The molecular formula is C23H21F4O4S2+. The molecule has 0 aliphatic rings. The summed E-state index contributed by atoms with van der Waals surface area (Å²) in [4.78, 5) is 2.89. The number of hydrogen-bond donors (Lipinski definition) is 1. The van der Waals surface area contributed by atoms with Gasteiger partial charge < -0.3 is 4.74 Å². The Kier molecular flexibility index (Phi) is 7.11. The average Bonchev–Trinajstić information content (AvgIpc) is 2.73. The van der Waals surface area contributed by atoms with Gasteiger partial charge in [0.05, 0.1) is 10.9 Å². The van der Waals surface area contributed by atoms with Crippen molar-refractivity contribution in [3.05, 3.63) is 83.9 Å². The van der Waals surface area contributed by atoms with E-state index in [4.69, 9.17) is 9.29 Å². The van der Waals surface area contributed by atoms with Crippen LogP contribution in [0.25, 0.3) is 0 Å². The number of halogens is 4. The molecule has 0 heterocycles. The maximum Gasteiger partial charge on any atom is 0.443 e. The van der Waals surface area contributed by atoms with Crippen LogP contribution in [-0.2, 0) is 21.0 Å². The van der Waals surface area contributed by atoms with Gasteiger partial charge in [-0.3, -0.25) is 4.55 Å². The lowest BCUT2D eigenvalue weighted by atomic mass is 10.1. The zero-order valence-corrected chi connectivity index (χ0v) is 19.3. The molecule has 0 bridgehead atoms. The second-order valence-electron chi connectivity index (χ2n) is 7.31. The second-order valence-corrected chi connectivity index (χ2v) is 10.9. The number of benzene rings is 3. The Labute approximate surface area is 192 Å². The fourth-order valence-electron chi connectivity index (χ4n) is 3.25. The van der Waals surface area contributed by atoms with Gasteiger partial charge in [0, 0.05) is 12.1 Å². The van der Waals surface area contributed by atoms with Crippen LogP contribution >= 0.6 is 0 Å². The van der Waals surface area contributed by atoms with Crippen LogP contribution in [0.3, 0.4) is 0 Å². The van der Waals surface area contributed by atoms with Crippen LogP contribution in [0.4, 0.5) is 17.6 Å². The molecule has 4 nitrogen and oxygen atoms in total. The van der Waals surface area contributed by atoms with Gasteiger partial charge in [-0.25, -0.2) is 4.39 Å². The van der Waals surface area contributed by atoms with Crippen molar-refractivity contribution in [1.82, 2.24) is 0 Å². The van der Waals surface area contributed by atoms with E-state index in [9.17, 15) is 26.0 Å². The molecule has 10 heteroatoms. The smallest absolute Gasteiger partial charge is 0.443 e. The van der Waals surface area contributed by atoms with Gasteiger partial charge in [0.2, 0.25) is 0 Å². The molecule has 33 heavy (non-hydrogen) atoms. The molecule has 0 radical (unpaired) electrons. The minimum Gasteiger partial charge on any atom is -0.488 e. The molecule has 0 aromatic heterocycles. The van der Waals surface area contributed by atoms with Crippen molar-refractivity contribution in [2.45, 2.75) is 39.7 Å². The minimum absolute atomic E-state index is 0.0849. The number of alkyl halides is 4. The molecule has 3 rings (SSSR count). The lowest BCUT2D eigenvalue weighted by molar-refractivity contribution is -0.206. The molecule has 0 spiro atoms. The van der Waals surface area contributed by atoms with Crippen LogP contribution in [0.5, 0.6) is 5.75 Å². The highest BCUT2D eigenvalue weighted by Gasteiger charge is 2.66. The molecule has 1 unspecified atom stereocenters. The van der Waals surface area contributed by atoms with Gasteiger partial charge in [-0.15, -0.1) is 0 Å². The first-order chi connectivity index (χ1) is 15.3. The summed E-state index contributed by atoms with van der Waals surface area (Å²) in [5, 5.41) is -4.95. The highest BCUT2D eigenvalue weighted by molar-refractivity contribution is 7.97. The van der Waals surface area contributed by atoms with E-state index >= 15 is 0 Å². The summed E-state index contributed by atoms with van der Waals surface area (Å²) >= 11 is 0. The average molecular weight is 502 g/mol. The first-order valence-corrected chi connectivity index (χ1v) is 12.3. The second kappa shape index (κ2) is 9.36. The third-order valence-corrected chi connectivity index (χ3v) is 8.22. The van der Waals surface area contributed by atoms with Crippen LogP contribution in [0.1, 0.15) is 11.1 Å². The van der Waals surface area contributed by atoms with Crippen LogP contribution in [0.2, 0.25) is 0 Å². The van der Waals surface area contributed by atoms with E-state index in [0.717, 1.165) is 14.7 Å². The van der Waals surface area contributed by atoms with E-state index in [2.05, 4.69) is 0 Å². The number of hydrogen-bond acceptors (Lipinski definition) is 3. The van der Waals surface area contributed by atoms with Crippen LogP contribution in [-0.4, -0.2) is 30.8 Å². The van der Waals surface area contributed by atoms with Gasteiger partial charge in [0.1, 0.15) is 12.4 Å². The topological polar surface area (TPSA) is 63.6 Å². The number of aryl methyl sites for hydroxylation is 2. The van der Waals surface area contributed by atoms with E-state index in [-0.39, 0.29) is 5.75 Å². The van der Waals surface area contributed by atoms with Gasteiger partial charge in [-0.1, -0.05) is 36.4 Å². The number of rotatable bonds is 7. The van der Waals surface area contributed by atoms with Crippen molar-refractivity contribution in [2.75, 3.05) is 6.61 Å². The maximum atomic E-state index is 14.3. The van der Waals surface area contributed by atoms with Crippen molar-refractivity contribution >= 4 is 21.0 Å². The molecule has 0 saturated heterocycles. The Balaban J connectivity index is 2.01. The molecule has 1 N–H and O–H groups in total. The summed E-state index contributed by atoms with van der Waals surface area (Å²) in [5.74, 6) is -0.0849. The van der Waals surface area contributed by atoms with Crippen molar-refractivity contribution < 1.29 is 35.3 Å². The largest absolute Gasteiger partial charge is 0.488 e. The highest BCUT2D eigenvalue weighted by atomic mass is 32.2. The van der Waals surface area contributed by atoms with Gasteiger partial charge >= 0.3 is 21.3 Å². The van der Waals surface area contributed by atoms with Crippen LogP contribution in [0.15, 0.2) is 87.5 Å². The summed E-state index contributed by atoms with van der Waals surface area (Å²) < 4.78 is 89.6. The third kappa shape index (κ3) is 5.18. The third-order valence-electron chi connectivity index (χ3n) is 4.86. The molecule has 1 atom stereocenters. The van der Waals surface area contributed by atoms with E-state index in [1.54, 1.807) is 26.0 Å². The standard InChI is InChI=1S/C23H20F4O4S2/c1-16-13-20(32(18-9-5-3-6-10-18)19-11-7-4-8-12-19)14-17(2)21(16)31-15-22(24,23(25,26)27)33(28,29)30/h3-14H,15H2,1-2H3/p+1. The fourth-order valence-corrected chi connectivity index (χ4v) is 6.01. The summed E-state index contributed by atoms with van der Waals surface area (Å²) in [6.07, 6.45) is -5.88. The maximum absolute atomic E-state index is 14.3. The SMILES string of the molecule is Cc1cc([S+](c2ccccc2)c2ccccc2)cc(C)c1OCC(F)(C(F)(F)F)S(=O)(=O)O. The van der Waals surface area contributed by atoms with Gasteiger partial charge in [0.15, 0.2) is 14.7 Å². The summed E-state index contributed by atoms with van der Waals surface area (Å²) in [6, 6.07) is 22.7. The molecule has 3 aromatic rings. The van der Waals surface area contributed by atoms with E-state index in [0.29, 0.717) is 11.1 Å². The van der Waals surface area contributed by atoms with Gasteiger partial charge in [0.25, 0.3) is 0 Å². The molecule has 0 fully saturated rings. The molecular weight excluding hydrogens is 480 g/mol. The molecule has 176 valence electrons. The quantitative estimate of drug-likeness (QED) is 0.249. The Bertz CT molecular complexity index is 1150. The van der Waals surface area contributed by atoms with E-state index < -0.39 is 38.8 Å². The van der Waals surface area contributed by atoms with Crippen molar-refractivity contribution in [1.29, 1.82) is 0 Å². The first kappa shape index (κ1) is 25.1. The van der Waals surface area contributed by atoms with E-state index in [1.807, 2.05) is 60.7 Å². The number of ether oxygens (including phenoxy) is 1. The molecule has 0 saturated carbocycles. The van der Waals surface area contributed by atoms with Crippen molar-refractivity contribution in [3.8, 4) is 5.75 Å². The van der Waals surface area contributed by atoms with E-state index in [1.165, 1.54) is 0 Å². The minimum atomic E-state index is -6.13. The summed E-state index contributed by atoms with van der Waals surface area (Å²) in [7, 11) is -6.67. The summed E-state index contributed by atoms with van der Waals surface area (Å²) in [6.45, 7) is 1.22. The molecule has 0 aliphatic carbocycles. The van der Waals surface area contributed by atoms with Crippen LogP contribution in [0, 0.1) is 13.8 Å². The first-order valence-electron chi connectivity index (χ1n) is 9.66. The summed E-state index contributed by atoms with van der Waals surface area (Å²) in [5.41, 5.74) is 0.795.